The summed E-state index contributed by atoms with van der Waals surface area (Å²) < 4.78 is 13.0. The average molecular weight is 492 g/mol. The molecule has 4 rings (SSSR count). The van der Waals surface area contributed by atoms with E-state index in [0.717, 1.165) is 14.6 Å². The second-order valence-electron chi connectivity index (χ2n) is 6.92. The summed E-state index contributed by atoms with van der Waals surface area (Å²) in [4.78, 5) is 29.0. The molecule has 0 aliphatic carbocycles. The number of ether oxygens (including phenoxy) is 2. The standard InChI is InChI=1S/C25H21N3O4S2/c1-2-31-21-14-17(12-13-20(21)32-24(30)18-8-4-3-5-9-18)15-26-28-23(29)16-33-25-27-19-10-6-7-11-22(19)34-25/h3-15H,2,16H2,1H3,(H,28,29). The molecule has 7 nitrogen and oxygen atoms in total. The largest absolute Gasteiger partial charge is 0.490 e. The number of fused-ring (bicyclic) bond motifs is 1. The number of nitrogens with zero attached hydrogens (tertiary/aromatic N) is 2. The summed E-state index contributed by atoms with van der Waals surface area (Å²) in [5, 5.41) is 4.02. The first-order valence-corrected chi connectivity index (χ1v) is 12.3. The summed E-state index contributed by atoms with van der Waals surface area (Å²) in [5.41, 5.74) is 4.57. The molecule has 1 amide bonds. The van der Waals surface area contributed by atoms with Gasteiger partial charge >= 0.3 is 5.97 Å². The Balaban J connectivity index is 1.33. The lowest BCUT2D eigenvalue weighted by atomic mass is 10.2. The van der Waals surface area contributed by atoms with Gasteiger partial charge in [-0.25, -0.2) is 15.2 Å². The molecule has 0 saturated carbocycles. The summed E-state index contributed by atoms with van der Waals surface area (Å²) in [5.74, 6) is 0.216. The third-order valence-electron chi connectivity index (χ3n) is 4.48. The SMILES string of the molecule is CCOc1cc(C=NNC(=O)CSc2nc3ccccc3s2)ccc1OC(=O)c1ccccc1. The molecule has 0 bridgehead atoms. The normalized spacial score (nSPS) is 11.0. The van der Waals surface area contributed by atoms with Crippen LogP contribution in [0.5, 0.6) is 11.5 Å². The van der Waals surface area contributed by atoms with E-state index < -0.39 is 5.97 Å². The van der Waals surface area contributed by atoms with E-state index in [4.69, 9.17) is 9.47 Å². The minimum atomic E-state index is -0.471. The maximum Gasteiger partial charge on any atom is 0.343 e. The Labute approximate surface area is 204 Å². The molecule has 0 unspecified atom stereocenters. The van der Waals surface area contributed by atoms with Crippen molar-refractivity contribution in [2.75, 3.05) is 12.4 Å². The van der Waals surface area contributed by atoms with Crippen molar-refractivity contribution >= 4 is 51.4 Å². The van der Waals surface area contributed by atoms with Gasteiger partial charge < -0.3 is 9.47 Å². The van der Waals surface area contributed by atoms with Crippen molar-refractivity contribution in [3.63, 3.8) is 0 Å². The van der Waals surface area contributed by atoms with Crippen molar-refractivity contribution < 1.29 is 19.1 Å². The molecule has 0 spiro atoms. The Bertz CT molecular complexity index is 1290. The third kappa shape index (κ3) is 6.21. The number of carbonyl (C=O) groups is 2. The van der Waals surface area contributed by atoms with Crippen LogP contribution in [0.4, 0.5) is 0 Å². The summed E-state index contributed by atoms with van der Waals surface area (Å²) in [6.07, 6.45) is 1.51. The van der Waals surface area contributed by atoms with Gasteiger partial charge in [0.15, 0.2) is 15.8 Å². The van der Waals surface area contributed by atoms with Crippen LogP contribution in [0.15, 0.2) is 82.2 Å². The van der Waals surface area contributed by atoms with Crippen LogP contribution < -0.4 is 14.9 Å². The van der Waals surface area contributed by atoms with Crippen LogP contribution in [0.2, 0.25) is 0 Å². The van der Waals surface area contributed by atoms with Gasteiger partial charge in [-0.1, -0.05) is 42.1 Å². The zero-order chi connectivity index (χ0) is 23.8. The Morgan fingerprint density at radius 3 is 2.65 bits per heavy atom. The fourth-order valence-electron chi connectivity index (χ4n) is 2.94. The van der Waals surface area contributed by atoms with E-state index in [0.29, 0.717) is 29.2 Å². The van der Waals surface area contributed by atoms with Crippen LogP contribution in [0.1, 0.15) is 22.8 Å². The average Bonchev–Trinajstić information content (AvgIpc) is 3.28. The van der Waals surface area contributed by atoms with Crippen molar-refractivity contribution in [2.45, 2.75) is 11.3 Å². The van der Waals surface area contributed by atoms with Gasteiger partial charge in [0.25, 0.3) is 5.91 Å². The van der Waals surface area contributed by atoms with Crippen molar-refractivity contribution in [2.24, 2.45) is 5.10 Å². The molecular weight excluding hydrogens is 470 g/mol. The highest BCUT2D eigenvalue weighted by Gasteiger charge is 2.13. The molecule has 0 fully saturated rings. The van der Waals surface area contributed by atoms with Crippen molar-refractivity contribution in [1.29, 1.82) is 0 Å². The van der Waals surface area contributed by atoms with E-state index in [1.165, 1.54) is 18.0 Å². The molecule has 9 heteroatoms. The zero-order valence-electron chi connectivity index (χ0n) is 18.3. The quantitative estimate of drug-likeness (QED) is 0.114. The van der Waals surface area contributed by atoms with Crippen LogP contribution >= 0.6 is 23.1 Å². The highest BCUT2D eigenvalue weighted by Crippen LogP contribution is 2.30. The highest BCUT2D eigenvalue weighted by atomic mass is 32.2. The molecule has 172 valence electrons. The lowest BCUT2D eigenvalue weighted by Gasteiger charge is -2.11. The maximum absolute atomic E-state index is 12.4. The lowest BCUT2D eigenvalue weighted by molar-refractivity contribution is -0.118. The molecule has 34 heavy (non-hydrogen) atoms. The molecule has 0 aliphatic heterocycles. The molecule has 1 N–H and O–H groups in total. The number of hydrazone groups is 1. The van der Waals surface area contributed by atoms with Crippen molar-refractivity contribution in [3.8, 4) is 11.5 Å². The molecule has 0 atom stereocenters. The maximum atomic E-state index is 12.4. The first-order valence-electron chi connectivity index (χ1n) is 10.5. The molecule has 0 aliphatic rings. The van der Waals surface area contributed by atoms with Gasteiger partial charge in [0.05, 0.1) is 34.4 Å². The second kappa shape index (κ2) is 11.4. The van der Waals surface area contributed by atoms with E-state index in [1.54, 1.807) is 53.8 Å². The Hall–Kier alpha value is -3.69. The number of rotatable bonds is 9. The Morgan fingerprint density at radius 1 is 1.06 bits per heavy atom. The Kier molecular flexibility index (Phi) is 7.90. The molecule has 1 aromatic heterocycles. The first kappa shape index (κ1) is 23.5. The van der Waals surface area contributed by atoms with Gasteiger partial charge in [-0.15, -0.1) is 11.3 Å². The fraction of sp³-hybridized carbons (Fsp3) is 0.120. The number of para-hydroxylation sites is 1. The summed E-state index contributed by atoms with van der Waals surface area (Å²) in [7, 11) is 0. The summed E-state index contributed by atoms with van der Waals surface area (Å²) >= 11 is 2.92. The molecule has 4 aromatic rings. The smallest absolute Gasteiger partial charge is 0.343 e. The van der Waals surface area contributed by atoms with Crippen LogP contribution in [0.3, 0.4) is 0 Å². The van der Waals surface area contributed by atoms with Gasteiger partial charge in [-0.05, 0) is 55.0 Å². The number of esters is 1. The van der Waals surface area contributed by atoms with Crippen molar-refractivity contribution in [3.05, 3.63) is 83.9 Å². The molecule has 0 radical (unpaired) electrons. The van der Waals surface area contributed by atoms with Crippen LogP contribution in [-0.2, 0) is 4.79 Å². The first-order chi connectivity index (χ1) is 16.6. The summed E-state index contributed by atoms with van der Waals surface area (Å²) in [6, 6.07) is 21.6. The van der Waals surface area contributed by atoms with Crippen LogP contribution in [0, 0.1) is 0 Å². The second-order valence-corrected chi connectivity index (χ2v) is 9.18. The molecule has 0 saturated heterocycles. The number of amides is 1. The summed E-state index contributed by atoms with van der Waals surface area (Å²) in [6.45, 7) is 2.24. The van der Waals surface area contributed by atoms with Gasteiger partial charge in [0, 0.05) is 0 Å². The number of aromatic nitrogens is 1. The van der Waals surface area contributed by atoms with Crippen molar-refractivity contribution in [1.82, 2.24) is 10.4 Å². The highest BCUT2D eigenvalue weighted by molar-refractivity contribution is 8.01. The Morgan fingerprint density at radius 2 is 1.85 bits per heavy atom. The van der Waals surface area contributed by atoms with Crippen LogP contribution in [-0.4, -0.2) is 35.4 Å². The van der Waals surface area contributed by atoms with E-state index in [1.807, 2.05) is 37.3 Å². The molecule has 1 heterocycles. The number of carbonyl (C=O) groups excluding carboxylic acids is 2. The lowest BCUT2D eigenvalue weighted by Crippen LogP contribution is -2.19. The number of hydrogen-bond donors (Lipinski definition) is 1. The predicted molar refractivity (Wildman–Crippen MR) is 135 cm³/mol. The minimum absolute atomic E-state index is 0.204. The number of thiazole rings is 1. The van der Waals surface area contributed by atoms with E-state index in [2.05, 4.69) is 15.5 Å². The molecular formula is C25H21N3O4S2. The van der Waals surface area contributed by atoms with Gasteiger partial charge in [-0.3, -0.25) is 4.79 Å². The van der Waals surface area contributed by atoms with Gasteiger partial charge in [-0.2, -0.15) is 5.10 Å². The third-order valence-corrected chi connectivity index (χ3v) is 6.66. The number of benzene rings is 3. The molecule has 3 aromatic carbocycles. The predicted octanol–water partition coefficient (Wildman–Crippen LogP) is 5.16. The topological polar surface area (TPSA) is 89.9 Å². The minimum Gasteiger partial charge on any atom is -0.490 e. The van der Waals surface area contributed by atoms with Gasteiger partial charge in [0.2, 0.25) is 0 Å². The van der Waals surface area contributed by atoms with Gasteiger partial charge in [0.1, 0.15) is 0 Å². The zero-order valence-corrected chi connectivity index (χ0v) is 19.9. The fourth-order valence-corrected chi connectivity index (χ4v) is 4.80. The monoisotopic (exact) mass is 491 g/mol. The number of hydrogen-bond acceptors (Lipinski definition) is 8. The van der Waals surface area contributed by atoms with E-state index in [9.17, 15) is 9.59 Å². The van der Waals surface area contributed by atoms with E-state index in [-0.39, 0.29) is 11.7 Å². The number of thioether (sulfide) groups is 1. The van der Waals surface area contributed by atoms with E-state index >= 15 is 0 Å². The number of nitrogens with one attached hydrogen (secondary N) is 1. The van der Waals surface area contributed by atoms with Crippen LogP contribution in [0.25, 0.3) is 10.2 Å².